The average Bonchev–Trinajstić information content (AvgIpc) is 2.81. The van der Waals surface area contributed by atoms with Gasteiger partial charge in [-0.3, -0.25) is 14.5 Å². The minimum absolute atomic E-state index is 0.0598. The van der Waals surface area contributed by atoms with Crippen molar-refractivity contribution in [2.75, 3.05) is 31.5 Å². The van der Waals surface area contributed by atoms with Crippen LogP contribution in [0.15, 0.2) is 10.6 Å². The third-order valence-electron chi connectivity index (χ3n) is 2.74. The second-order valence-corrected chi connectivity index (χ2v) is 4.93. The van der Waals surface area contributed by atoms with Crippen molar-refractivity contribution in [2.24, 2.45) is 0 Å². The van der Waals surface area contributed by atoms with Crippen molar-refractivity contribution in [1.29, 1.82) is 0 Å². The van der Waals surface area contributed by atoms with Gasteiger partial charge in [-0.1, -0.05) is 19.0 Å². The monoisotopic (exact) mass is 296 g/mol. The summed E-state index contributed by atoms with van der Waals surface area (Å²) >= 11 is 0. The van der Waals surface area contributed by atoms with Crippen molar-refractivity contribution >= 4 is 17.6 Å². The zero-order valence-electron chi connectivity index (χ0n) is 12.9. The van der Waals surface area contributed by atoms with Gasteiger partial charge in [0.1, 0.15) is 5.76 Å². The third-order valence-corrected chi connectivity index (χ3v) is 2.74. The zero-order valence-corrected chi connectivity index (χ0v) is 12.9. The molecule has 21 heavy (non-hydrogen) atoms. The van der Waals surface area contributed by atoms with Crippen molar-refractivity contribution in [3.8, 4) is 0 Å². The van der Waals surface area contributed by atoms with E-state index in [0.717, 1.165) is 12.8 Å². The van der Waals surface area contributed by atoms with E-state index in [1.165, 1.54) is 0 Å². The Hall–Kier alpha value is -1.89. The number of anilines is 1. The number of rotatable bonds is 9. The summed E-state index contributed by atoms with van der Waals surface area (Å²) in [4.78, 5) is 25.5. The standard InChI is InChI=1S/C14H24N4O3/c1-4-6-15-13(19)9-18(7-5-2)10-14(20)16-12-8-11(3)21-17-12/h8H,4-7,9-10H2,1-3H3,(H,15,19)(H,16,17,20). The second kappa shape index (κ2) is 9.12. The zero-order chi connectivity index (χ0) is 15.7. The van der Waals surface area contributed by atoms with E-state index in [1.54, 1.807) is 13.0 Å². The van der Waals surface area contributed by atoms with E-state index in [2.05, 4.69) is 15.8 Å². The summed E-state index contributed by atoms with van der Waals surface area (Å²) in [6.07, 6.45) is 1.77. The van der Waals surface area contributed by atoms with Crippen molar-refractivity contribution in [3.63, 3.8) is 0 Å². The molecular formula is C14H24N4O3. The third kappa shape index (κ3) is 6.89. The summed E-state index contributed by atoms with van der Waals surface area (Å²) in [5.41, 5.74) is 0. The summed E-state index contributed by atoms with van der Waals surface area (Å²) in [5.74, 6) is 0.759. The van der Waals surface area contributed by atoms with E-state index < -0.39 is 0 Å². The lowest BCUT2D eigenvalue weighted by Gasteiger charge is -2.20. The van der Waals surface area contributed by atoms with Crippen LogP contribution in [-0.2, 0) is 9.59 Å². The molecule has 7 nitrogen and oxygen atoms in total. The molecule has 0 radical (unpaired) electrons. The van der Waals surface area contributed by atoms with Crippen LogP contribution in [0, 0.1) is 6.92 Å². The van der Waals surface area contributed by atoms with Crippen LogP contribution < -0.4 is 10.6 Å². The molecule has 2 N–H and O–H groups in total. The number of carbonyl (C=O) groups is 2. The van der Waals surface area contributed by atoms with Gasteiger partial charge in [0.2, 0.25) is 11.8 Å². The lowest BCUT2D eigenvalue weighted by atomic mass is 10.3. The Bertz CT molecular complexity index is 459. The molecule has 0 fully saturated rings. The Kier molecular flexibility index (Phi) is 7.45. The van der Waals surface area contributed by atoms with Crippen LogP contribution in [0.4, 0.5) is 5.82 Å². The molecule has 0 spiro atoms. The van der Waals surface area contributed by atoms with Crippen molar-refractivity contribution in [2.45, 2.75) is 33.6 Å². The molecule has 0 atom stereocenters. The molecule has 0 aromatic carbocycles. The average molecular weight is 296 g/mol. The van der Waals surface area contributed by atoms with Crippen LogP contribution in [0.3, 0.4) is 0 Å². The molecule has 1 heterocycles. The molecule has 0 saturated carbocycles. The Morgan fingerprint density at radius 1 is 1.24 bits per heavy atom. The number of nitrogens with zero attached hydrogens (tertiary/aromatic N) is 2. The second-order valence-electron chi connectivity index (χ2n) is 4.93. The highest BCUT2D eigenvalue weighted by atomic mass is 16.5. The Balaban J connectivity index is 2.45. The van der Waals surface area contributed by atoms with Gasteiger partial charge in [-0.2, -0.15) is 0 Å². The highest BCUT2D eigenvalue weighted by molar-refractivity contribution is 5.91. The van der Waals surface area contributed by atoms with E-state index >= 15 is 0 Å². The van der Waals surface area contributed by atoms with E-state index in [9.17, 15) is 9.59 Å². The SMILES string of the molecule is CCCNC(=O)CN(CCC)CC(=O)Nc1cc(C)on1. The van der Waals surface area contributed by atoms with Gasteiger partial charge in [-0.15, -0.1) is 0 Å². The quantitative estimate of drug-likeness (QED) is 0.714. The Labute approximate surface area is 125 Å². The maximum Gasteiger partial charge on any atom is 0.239 e. The number of amides is 2. The molecule has 0 aliphatic rings. The van der Waals surface area contributed by atoms with E-state index in [0.29, 0.717) is 24.7 Å². The largest absolute Gasteiger partial charge is 0.360 e. The summed E-state index contributed by atoms with van der Waals surface area (Å²) in [6, 6.07) is 1.65. The fraction of sp³-hybridized carbons (Fsp3) is 0.643. The van der Waals surface area contributed by atoms with Crippen LogP contribution >= 0.6 is 0 Å². The number of aromatic nitrogens is 1. The van der Waals surface area contributed by atoms with Gasteiger partial charge in [0, 0.05) is 12.6 Å². The van der Waals surface area contributed by atoms with Gasteiger partial charge in [0.05, 0.1) is 13.1 Å². The van der Waals surface area contributed by atoms with Crippen LogP contribution in [0.1, 0.15) is 32.4 Å². The minimum atomic E-state index is -0.208. The maximum absolute atomic E-state index is 11.9. The number of nitrogens with one attached hydrogen (secondary N) is 2. The smallest absolute Gasteiger partial charge is 0.239 e. The maximum atomic E-state index is 11.9. The normalized spacial score (nSPS) is 10.7. The molecule has 0 aliphatic carbocycles. The predicted octanol–water partition coefficient (Wildman–Crippen LogP) is 1.16. The molecule has 0 unspecified atom stereocenters. The summed E-state index contributed by atoms with van der Waals surface area (Å²) in [6.45, 7) is 7.48. The van der Waals surface area contributed by atoms with E-state index in [4.69, 9.17) is 4.52 Å². The van der Waals surface area contributed by atoms with Gasteiger partial charge < -0.3 is 15.2 Å². The van der Waals surface area contributed by atoms with Crippen molar-refractivity contribution < 1.29 is 14.1 Å². The first-order valence-corrected chi connectivity index (χ1v) is 7.27. The molecule has 0 bridgehead atoms. The first-order valence-electron chi connectivity index (χ1n) is 7.27. The molecule has 2 amide bonds. The molecule has 0 aliphatic heterocycles. The highest BCUT2D eigenvalue weighted by Crippen LogP contribution is 2.06. The number of hydrogen-bond acceptors (Lipinski definition) is 5. The molecule has 118 valence electrons. The molecule has 1 rings (SSSR count). The fourth-order valence-corrected chi connectivity index (χ4v) is 1.86. The van der Waals surface area contributed by atoms with Crippen LogP contribution in [-0.4, -0.2) is 48.0 Å². The minimum Gasteiger partial charge on any atom is -0.360 e. The molecule has 7 heteroatoms. The van der Waals surface area contributed by atoms with Crippen LogP contribution in [0.5, 0.6) is 0 Å². The lowest BCUT2D eigenvalue weighted by Crippen LogP contribution is -2.41. The van der Waals surface area contributed by atoms with Gasteiger partial charge in [-0.05, 0) is 26.3 Å². The van der Waals surface area contributed by atoms with Crippen molar-refractivity contribution in [3.05, 3.63) is 11.8 Å². The van der Waals surface area contributed by atoms with Crippen molar-refractivity contribution in [1.82, 2.24) is 15.4 Å². The fourth-order valence-electron chi connectivity index (χ4n) is 1.86. The van der Waals surface area contributed by atoms with Crippen LogP contribution in [0.25, 0.3) is 0 Å². The molecule has 0 saturated heterocycles. The molecular weight excluding hydrogens is 272 g/mol. The van der Waals surface area contributed by atoms with Gasteiger partial charge in [-0.25, -0.2) is 0 Å². The Morgan fingerprint density at radius 3 is 2.52 bits per heavy atom. The first-order chi connectivity index (χ1) is 10.0. The summed E-state index contributed by atoms with van der Waals surface area (Å²) in [5, 5.41) is 9.16. The van der Waals surface area contributed by atoms with Gasteiger partial charge in [0.15, 0.2) is 5.82 Å². The lowest BCUT2D eigenvalue weighted by molar-refractivity contribution is -0.123. The predicted molar refractivity (Wildman–Crippen MR) is 79.9 cm³/mol. The first kappa shape index (κ1) is 17.2. The van der Waals surface area contributed by atoms with Gasteiger partial charge in [0.25, 0.3) is 0 Å². The van der Waals surface area contributed by atoms with Crippen LogP contribution in [0.2, 0.25) is 0 Å². The number of carbonyl (C=O) groups excluding carboxylic acids is 2. The summed E-state index contributed by atoms with van der Waals surface area (Å²) in [7, 11) is 0. The molecule has 1 aromatic heterocycles. The molecule has 1 aromatic rings. The number of aryl methyl sites for hydroxylation is 1. The van der Waals surface area contributed by atoms with E-state index in [1.807, 2.05) is 18.7 Å². The topological polar surface area (TPSA) is 87.5 Å². The number of hydrogen-bond donors (Lipinski definition) is 2. The Morgan fingerprint density at radius 2 is 1.95 bits per heavy atom. The summed E-state index contributed by atoms with van der Waals surface area (Å²) < 4.78 is 4.88. The van der Waals surface area contributed by atoms with E-state index in [-0.39, 0.29) is 24.9 Å². The highest BCUT2D eigenvalue weighted by Gasteiger charge is 2.14. The van der Waals surface area contributed by atoms with Gasteiger partial charge >= 0.3 is 0 Å².